The van der Waals surface area contributed by atoms with Crippen molar-refractivity contribution in [1.29, 1.82) is 0 Å². The Kier molecular flexibility index (Phi) is 4.59. The van der Waals surface area contributed by atoms with E-state index in [2.05, 4.69) is 42.3 Å². The highest BCUT2D eigenvalue weighted by molar-refractivity contribution is 9.12. The van der Waals surface area contributed by atoms with Crippen LogP contribution in [0.5, 0.6) is 0 Å². The second kappa shape index (κ2) is 6.35. The molecule has 9 heteroatoms. The molecule has 2 aliphatic rings. The number of carbonyl (C=O) groups is 3. The standard InChI is InChI=1S/C14H15Br2N3O4/c1-6-2-11(18-23-6)17-12(20)5-19-13(21)7-3-9(15)10(16)4-8(7)14(19)22/h2,7-10H,3-5H2,1H3,(H,17,18,20)/t7-,8+,9+,10-. The molecule has 1 aliphatic heterocycles. The largest absolute Gasteiger partial charge is 0.360 e. The van der Waals surface area contributed by atoms with Gasteiger partial charge in [-0.25, -0.2) is 0 Å². The summed E-state index contributed by atoms with van der Waals surface area (Å²) in [5.74, 6) is -0.864. The summed E-state index contributed by atoms with van der Waals surface area (Å²) in [4.78, 5) is 38.3. The van der Waals surface area contributed by atoms with Crippen LogP contribution in [-0.4, -0.2) is 44.0 Å². The zero-order chi connectivity index (χ0) is 16.7. The van der Waals surface area contributed by atoms with E-state index < -0.39 is 5.91 Å². The van der Waals surface area contributed by atoms with Crippen LogP contribution in [0, 0.1) is 18.8 Å². The van der Waals surface area contributed by atoms with E-state index in [0.29, 0.717) is 18.6 Å². The van der Waals surface area contributed by atoms with Crippen LogP contribution < -0.4 is 5.32 Å². The zero-order valence-electron chi connectivity index (χ0n) is 12.3. The van der Waals surface area contributed by atoms with Gasteiger partial charge in [0.05, 0.1) is 11.8 Å². The van der Waals surface area contributed by atoms with Crippen molar-refractivity contribution < 1.29 is 18.9 Å². The normalized spacial score (nSPS) is 30.5. The van der Waals surface area contributed by atoms with E-state index in [0.717, 1.165) is 4.90 Å². The molecule has 2 heterocycles. The third kappa shape index (κ3) is 3.21. The van der Waals surface area contributed by atoms with Gasteiger partial charge in [-0.1, -0.05) is 37.0 Å². The molecule has 23 heavy (non-hydrogen) atoms. The first-order valence-corrected chi connectivity index (χ1v) is 9.06. The van der Waals surface area contributed by atoms with E-state index >= 15 is 0 Å². The fraction of sp³-hybridized carbons (Fsp3) is 0.571. The maximum Gasteiger partial charge on any atom is 0.245 e. The molecule has 1 saturated heterocycles. The molecule has 0 aromatic carbocycles. The predicted octanol–water partition coefficient (Wildman–Crippen LogP) is 1.84. The molecule has 124 valence electrons. The van der Waals surface area contributed by atoms with E-state index in [4.69, 9.17) is 4.52 Å². The molecular weight excluding hydrogens is 434 g/mol. The third-order valence-electron chi connectivity index (χ3n) is 4.20. The number of carbonyl (C=O) groups excluding carboxylic acids is 3. The number of halogens is 2. The quantitative estimate of drug-likeness (QED) is 0.562. The Bertz CT molecular complexity index is 634. The van der Waals surface area contributed by atoms with Crippen LogP contribution in [0.25, 0.3) is 0 Å². The summed E-state index contributed by atoms with van der Waals surface area (Å²) in [5.41, 5.74) is 0. The lowest BCUT2D eigenvalue weighted by molar-refractivity contribution is -0.142. The van der Waals surface area contributed by atoms with Crippen molar-refractivity contribution >= 4 is 55.4 Å². The number of hydrogen-bond donors (Lipinski definition) is 1. The summed E-state index contributed by atoms with van der Waals surface area (Å²) in [7, 11) is 0. The van der Waals surface area contributed by atoms with Crippen LogP contribution in [-0.2, 0) is 14.4 Å². The highest BCUT2D eigenvalue weighted by atomic mass is 79.9. The Hall–Kier alpha value is -1.22. The first kappa shape index (κ1) is 16.6. The summed E-state index contributed by atoms with van der Waals surface area (Å²) < 4.78 is 4.86. The van der Waals surface area contributed by atoms with Crippen molar-refractivity contribution in [1.82, 2.24) is 10.1 Å². The van der Waals surface area contributed by atoms with Crippen LogP contribution >= 0.6 is 31.9 Å². The van der Waals surface area contributed by atoms with Crippen molar-refractivity contribution in [2.45, 2.75) is 29.4 Å². The van der Waals surface area contributed by atoms with Gasteiger partial charge in [-0.2, -0.15) is 0 Å². The molecule has 3 amide bonds. The monoisotopic (exact) mass is 447 g/mol. The van der Waals surface area contributed by atoms with E-state index in [-0.39, 0.29) is 45.7 Å². The number of likely N-dealkylation sites (tertiary alicyclic amines) is 1. The second-order valence-electron chi connectivity index (χ2n) is 5.85. The Labute approximate surface area is 149 Å². The lowest BCUT2D eigenvalue weighted by Gasteiger charge is -2.29. The van der Waals surface area contributed by atoms with Crippen molar-refractivity contribution in [3.05, 3.63) is 11.8 Å². The van der Waals surface area contributed by atoms with E-state index in [1.807, 2.05) is 0 Å². The minimum absolute atomic E-state index is 0.146. The maximum atomic E-state index is 12.4. The molecule has 4 atom stereocenters. The lowest BCUT2D eigenvalue weighted by atomic mass is 9.81. The maximum absolute atomic E-state index is 12.4. The van der Waals surface area contributed by atoms with Crippen LogP contribution in [0.4, 0.5) is 5.82 Å². The number of anilines is 1. The molecule has 1 aromatic rings. The van der Waals surface area contributed by atoms with Gasteiger partial charge in [0.25, 0.3) is 0 Å². The topological polar surface area (TPSA) is 92.5 Å². The molecule has 0 radical (unpaired) electrons. The van der Waals surface area contributed by atoms with Crippen LogP contribution in [0.3, 0.4) is 0 Å². The number of nitrogens with zero attached hydrogens (tertiary/aromatic N) is 2. The highest BCUT2D eigenvalue weighted by Gasteiger charge is 2.52. The van der Waals surface area contributed by atoms with Crippen molar-refractivity contribution in [2.24, 2.45) is 11.8 Å². The van der Waals surface area contributed by atoms with Gasteiger partial charge in [-0.15, -0.1) is 0 Å². The number of rotatable bonds is 3. The van der Waals surface area contributed by atoms with Gasteiger partial charge in [0, 0.05) is 15.7 Å². The number of nitrogens with one attached hydrogen (secondary N) is 1. The predicted molar refractivity (Wildman–Crippen MR) is 88.2 cm³/mol. The lowest BCUT2D eigenvalue weighted by Crippen LogP contribution is -2.38. The molecule has 0 bridgehead atoms. The summed E-state index contributed by atoms with van der Waals surface area (Å²) in [6.07, 6.45) is 1.18. The minimum Gasteiger partial charge on any atom is -0.360 e. The molecule has 3 rings (SSSR count). The average Bonchev–Trinajstić information content (AvgIpc) is 2.98. The van der Waals surface area contributed by atoms with Crippen LogP contribution in [0.1, 0.15) is 18.6 Å². The molecule has 0 unspecified atom stereocenters. The van der Waals surface area contributed by atoms with Crippen molar-refractivity contribution in [2.75, 3.05) is 11.9 Å². The minimum atomic E-state index is -0.468. The highest BCUT2D eigenvalue weighted by Crippen LogP contribution is 2.43. The Balaban J connectivity index is 1.67. The van der Waals surface area contributed by atoms with E-state index in [9.17, 15) is 14.4 Å². The first-order valence-electron chi connectivity index (χ1n) is 7.23. The van der Waals surface area contributed by atoms with Gasteiger partial charge in [-0.3, -0.25) is 19.3 Å². The molecule has 2 fully saturated rings. The average molecular weight is 449 g/mol. The first-order chi connectivity index (χ1) is 10.9. The van der Waals surface area contributed by atoms with Gasteiger partial charge in [0.15, 0.2) is 5.82 Å². The number of fused-ring (bicyclic) bond motifs is 1. The van der Waals surface area contributed by atoms with E-state index in [1.165, 1.54) is 0 Å². The number of amides is 3. The van der Waals surface area contributed by atoms with Crippen molar-refractivity contribution in [3.8, 4) is 0 Å². The summed E-state index contributed by atoms with van der Waals surface area (Å²) in [6, 6.07) is 1.57. The van der Waals surface area contributed by atoms with Crippen molar-refractivity contribution in [3.63, 3.8) is 0 Å². The SMILES string of the molecule is Cc1cc(NC(=O)CN2C(=O)[C@H]3C[C@@H](Br)[C@@H](Br)C[C@H]3C2=O)no1. The molecule has 1 N–H and O–H groups in total. The van der Waals surface area contributed by atoms with Gasteiger partial charge >= 0.3 is 0 Å². The molecule has 1 saturated carbocycles. The smallest absolute Gasteiger partial charge is 0.245 e. The van der Waals surface area contributed by atoms with Gasteiger partial charge < -0.3 is 9.84 Å². The fourth-order valence-corrected chi connectivity index (χ4v) is 4.31. The molecule has 1 aromatic heterocycles. The number of hydrogen-bond acceptors (Lipinski definition) is 5. The zero-order valence-corrected chi connectivity index (χ0v) is 15.5. The molecular formula is C14H15Br2N3O4. The Morgan fingerprint density at radius 1 is 1.30 bits per heavy atom. The number of imide groups is 1. The second-order valence-corrected chi connectivity index (χ2v) is 8.20. The van der Waals surface area contributed by atoms with E-state index in [1.54, 1.807) is 13.0 Å². The van der Waals surface area contributed by atoms with Gasteiger partial charge in [0.2, 0.25) is 17.7 Å². The molecule has 0 spiro atoms. The summed E-state index contributed by atoms with van der Waals surface area (Å²) >= 11 is 7.06. The summed E-state index contributed by atoms with van der Waals surface area (Å²) in [5, 5.41) is 6.17. The van der Waals surface area contributed by atoms with Crippen LogP contribution in [0.15, 0.2) is 10.6 Å². The molecule has 1 aliphatic carbocycles. The molecule has 7 nitrogen and oxygen atoms in total. The van der Waals surface area contributed by atoms with Gasteiger partial charge in [-0.05, 0) is 19.8 Å². The summed E-state index contributed by atoms with van der Waals surface area (Å²) in [6.45, 7) is 1.41. The van der Waals surface area contributed by atoms with Crippen LogP contribution in [0.2, 0.25) is 0 Å². The van der Waals surface area contributed by atoms with Gasteiger partial charge in [0.1, 0.15) is 12.3 Å². The Morgan fingerprint density at radius 2 is 1.87 bits per heavy atom. The number of alkyl halides is 2. The number of aromatic nitrogens is 1. The Morgan fingerprint density at radius 3 is 2.35 bits per heavy atom. The fourth-order valence-electron chi connectivity index (χ4n) is 3.07. The number of aryl methyl sites for hydroxylation is 1. The third-order valence-corrected chi connectivity index (χ3v) is 6.93.